The van der Waals surface area contributed by atoms with Gasteiger partial charge in [0.25, 0.3) is 0 Å². The molecule has 0 spiro atoms. The Balaban J connectivity index is 3.07. The molecule has 0 N–H and O–H groups in total. The summed E-state index contributed by atoms with van der Waals surface area (Å²) in [5.74, 6) is -0.270. The van der Waals surface area contributed by atoms with E-state index in [1.54, 1.807) is 6.92 Å². The van der Waals surface area contributed by atoms with Crippen LogP contribution >= 0.6 is 0 Å². The first-order valence-corrected chi connectivity index (χ1v) is 4.89. The van der Waals surface area contributed by atoms with E-state index in [1.165, 1.54) is 12.7 Å². The fourth-order valence-electron chi connectivity index (χ4n) is 1.33. The zero-order valence-corrected chi connectivity index (χ0v) is 9.63. The van der Waals surface area contributed by atoms with Crippen molar-refractivity contribution >= 4 is 11.5 Å². The number of benzene rings is 1. The van der Waals surface area contributed by atoms with Crippen LogP contribution in [0.2, 0.25) is 0 Å². The van der Waals surface area contributed by atoms with Crippen molar-refractivity contribution in [2.75, 3.05) is 7.11 Å². The highest BCUT2D eigenvalue weighted by atomic mass is 16.5. The van der Waals surface area contributed by atoms with Crippen LogP contribution in [-0.4, -0.2) is 13.1 Å². The Morgan fingerprint density at radius 1 is 1.13 bits per heavy atom. The third-order valence-corrected chi connectivity index (χ3v) is 2.54. The standard InChI is InChI=1S/C13H16O2/c1-9-5-7-12(8-6-9)10(2)11(3)13(14)15-4/h5-8H,1-4H3/b11-10+. The van der Waals surface area contributed by atoms with Gasteiger partial charge in [0.2, 0.25) is 0 Å². The molecule has 0 amide bonds. The lowest BCUT2D eigenvalue weighted by Gasteiger charge is -2.06. The van der Waals surface area contributed by atoms with Crippen LogP contribution < -0.4 is 0 Å². The topological polar surface area (TPSA) is 26.3 Å². The van der Waals surface area contributed by atoms with Gasteiger partial charge < -0.3 is 4.74 Å². The second kappa shape index (κ2) is 4.78. The van der Waals surface area contributed by atoms with E-state index < -0.39 is 0 Å². The van der Waals surface area contributed by atoms with Gasteiger partial charge >= 0.3 is 5.97 Å². The van der Waals surface area contributed by atoms with Gasteiger partial charge in [-0.1, -0.05) is 29.8 Å². The van der Waals surface area contributed by atoms with E-state index in [1.807, 2.05) is 38.1 Å². The van der Waals surface area contributed by atoms with Crippen LogP contribution in [0.25, 0.3) is 5.57 Å². The molecule has 2 nitrogen and oxygen atoms in total. The molecule has 0 saturated carbocycles. The van der Waals surface area contributed by atoms with E-state index in [0.29, 0.717) is 5.57 Å². The van der Waals surface area contributed by atoms with Crippen LogP contribution in [0.1, 0.15) is 25.0 Å². The highest BCUT2D eigenvalue weighted by Crippen LogP contribution is 2.19. The molecule has 1 aromatic carbocycles. The number of methoxy groups -OCH3 is 1. The Morgan fingerprint density at radius 3 is 2.13 bits per heavy atom. The fraction of sp³-hybridized carbons (Fsp3) is 0.308. The van der Waals surface area contributed by atoms with E-state index in [0.717, 1.165) is 11.1 Å². The first kappa shape index (κ1) is 11.5. The van der Waals surface area contributed by atoms with Crippen LogP contribution in [0.4, 0.5) is 0 Å². The smallest absolute Gasteiger partial charge is 0.333 e. The van der Waals surface area contributed by atoms with Gasteiger partial charge in [-0.3, -0.25) is 0 Å². The lowest BCUT2D eigenvalue weighted by atomic mass is 10.0. The molecule has 0 saturated heterocycles. The van der Waals surface area contributed by atoms with E-state index in [-0.39, 0.29) is 5.97 Å². The fourth-order valence-corrected chi connectivity index (χ4v) is 1.33. The Hall–Kier alpha value is -1.57. The lowest BCUT2D eigenvalue weighted by Crippen LogP contribution is -2.03. The number of hydrogen-bond donors (Lipinski definition) is 0. The van der Waals surface area contributed by atoms with Gasteiger partial charge in [0, 0.05) is 5.57 Å². The number of aryl methyl sites for hydroxylation is 1. The minimum Gasteiger partial charge on any atom is -0.466 e. The second-order valence-electron chi connectivity index (χ2n) is 3.61. The minimum absolute atomic E-state index is 0.270. The summed E-state index contributed by atoms with van der Waals surface area (Å²) in [6, 6.07) is 8.08. The highest BCUT2D eigenvalue weighted by Gasteiger charge is 2.08. The summed E-state index contributed by atoms with van der Waals surface area (Å²) in [5.41, 5.74) is 3.88. The van der Waals surface area contributed by atoms with Crippen LogP contribution in [0.15, 0.2) is 29.8 Å². The van der Waals surface area contributed by atoms with Crippen molar-refractivity contribution in [2.24, 2.45) is 0 Å². The Morgan fingerprint density at radius 2 is 1.67 bits per heavy atom. The molecule has 1 rings (SSSR count). The molecule has 0 heterocycles. The number of rotatable bonds is 2. The van der Waals surface area contributed by atoms with Crippen molar-refractivity contribution < 1.29 is 9.53 Å². The SMILES string of the molecule is COC(=O)/C(C)=C(\C)c1ccc(C)cc1. The monoisotopic (exact) mass is 204 g/mol. The molecule has 15 heavy (non-hydrogen) atoms. The van der Waals surface area contributed by atoms with Crippen molar-refractivity contribution in [3.63, 3.8) is 0 Å². The van der Waals surface area contributed by atoms with Gasteiger partial charge in [-0.2, -0.15) is 0 Å². The molecule has 2 heteroatoms. The molecule has 0 radical (unpaired) electrons. The number of carbonyl (C=O) groups is 1. The lowest BCUT2D eigenvalue weighted by molar-refractivity contribution is -0.135. The Labute approximate surface area is 90.6 Å². The minimum atomic E-state index is -0.270. The summed E-state index contributed by atoms with van der Waals surface area (Å²) in [5, 5.41) is 0. The van der Waals surface area contributed by atoms with Crippen molar-refractivity contribution in [3.05, 3.63) is 41.0 Å². The van der Waals surface area contributed by atoms with Crippen LogP contribution in [0, 0.1) is 6.92 Å². The molecule has 80 valence electrons. The molecule has 0 fully saturated rings. The van der Waals surface area contributed by atoms with E-state index in [9.17, 15) is 4.79 Å². The molecular weight excluding hydrogens is 188 g/mol. The van der Waals surface area contributed by atoms with Crippen molar-refractivity contribution in [2.45, 2.75) is 20.8 Å². The molecule has 0 aliphatic rings. The van der Waals surface area contributed by atoms with E-state index >= 15 is 0 Å². The summed E-state index contributed by atoms with van der Waals surface area (Å²) < 4.78 is 4.68. The molecule has 0 unspecified atom stereocenters. The summed E-state index contributed by atoms with van der Waals surface area (Å²) >= 11 is 0. The van der Waals surface area contributed by atoms with Crippen molar-refractivity contribution in [1.29, 1.82) is 0 Å². The number of allylic oxidation sites excluding steroid dienone is 1. The predicted molar refractivity (Wildman–Crippen MR) is 61.5 cm³/mol. The summed E-state index contributed by atoms with van der Waals surface area (Å²) in [4.78, 5) is 11.3. The maximum atomic E-state index is 11.3. The molecule has 0 bridgehead atoms. The zero-order valence-electron chi connectivity index (χ0n) is 9.63. The maximum Gasteiger partial charge on any atom is 0.333 e. The Kier molecular flexibility index (Phi) is 3.67. The van der Waals surface area contributed by atoms with Crippen molar-refractivity contribution in [3.8, 4) is 0 Å². The van der Waals surface area contributed by atoms with Gasteiger partial charge in [0.15, 0.2) is 0 Å². The number of esters is 1. The molecule has 0 aliphatic heterocycles. The summed E-state index contributed by atoms with van der Waals surface area (Å²) in [6.07, 6.45) is 0. The molecule has 0 aromatic heterocycles. The quantitative estimate of drug-likeness (QED) is 0.547. The molecular formula is C13H16O2. The number of ether oxygens (including phenoxy) is 1. The van der Waals surface area contributed by atoms with Crippen LogP contribution in [0.3, 0.4) is 0 Å². The molecule has 0 aliphatic carbocycles. The van der Waals surface area contributed by atoms with Crippen LogP contribution in [-0.2, 0) is 9.53 Å². The average Bonchev–Trinajstić information content (AvgIpc) is 2.27. The van der Waals surface area contributed by atoms with Gasteiger partial charge in [0.1, 0.15) is 0 Å². The Bertz CT molecular complexity index is 386. The maximum absolute atomic E-state index is 11.3. The highest BCUT2D eigenvalue weighted by molar-refractivity contribution is 5.96. The van der Waals surface area contributed by atoms with Crippen LogP contribution in [0.5, 0.6) is 0 Å². The molecule has 0 atom stereocenters. The third-order valence-electron chi connectivity index (χ3n) is 2.54. The largest absolute Gasteiger partial charge is 0.466 e. The predicted octanol–water partition coefficient (Wildman–Crippen LogP) is 2.96. The average molecular weight is 204 g/mol. The van der Waals surface area contributed by atoms with Gasteiger partial charge in [-0.15, -0.1) is 0 Å². The zero-order chi connectivity index (χ0) is 11.4. The number of hydrogen-bond acceptors (Lipinski definition) is 2. The van der Waals surface area contributed by atoms with Gasteiger partial charge in [-0.05, 0) is 31.9 Å². The molecule has 1 aromatic rings. The first-order chi connectivity index (χ1) is 7.06. The summed E-state index contributed by atoms with van der Waals surface area (Å²) in [6.45, 7) is 5.74. The normalized spacial score (nSPS) is 12.0. The van der Waals surface area contributed by atoms with Gasteiger partial charge in [0.05, 0.1) is 7.11 Å². The summed E-state index contributed by atoms with van der Waals surface area (Å²) in [7, 11) is 1.40. The third kappa shape index (κ3) is 2.69. The van der Waals surface area contributed by atoms with Crippen molar-refractivity contribution in [1.82, 2.24) is 0 Å². The second-order valence-corrected chi connectivity index (χ2v) is 3.61. The van der Waals surface area contributed by atoms with Gasteiger partial charge in [-0.25, -0.2) is 4.79 Å². The first-order valence-electron chi connectivity index (χ1n) is 4.89. The number of carbonyl (C=O) groups excluding carboxylic acids is 1. The van der Waals surface area contributed by atoms with E-state index in [2.05, 4.69) is 4.74 Å². The van der Waals surface area contributed by atoms with E-state index in [4.69, 9.17) is 0 Å².